The van der Waals surface area contributed by atoms with E-state index in [1.165, 1.54) is 44.9 Å². The number of rotatable bonds is 22. The van der Waals surface area contributed by atoms with Gasteiger partial charge in [0.2, 0.25) is 6.41 Å². The molecule has 1 rings (SSSR count). The molecule has 0 bridgehead atoms. The molecule has 1 aliphatic rings. The lowest BCUT2D eigenvalue weighted by atomic mass is 9.86. The molecular formula is C29H49NO5. The lowest BCUT2D eigenvalue weighted by molar-refractivity contribution is -0.190. The van der Waals surface area contributed by atoms with Gasteiger partial charge in [0.25, 0.3) is 0 Å². The molecular weight excluding hydrogens is 442 g/mol. The Morgan fingerprint density at radius 2 is 1.74 bits per heavy atom. The van der Waals surface area contributed by atoms with Crippen LogP contribution in [0.5, 0.6) is 0 Å². The first kappa shape index (κ1) is 31.0. The van der Waals surface area contributed by atoms with E-state index < -0.39 is 12.0 Å². The van der Waals surface area contributed by atoms with E-state index in [9.17, 15) is 14.4 Å². The van der Waals surface area contributed by atoms with Crippen molar-refractivity contribution in [2.75, 3.05) is 0 Å². The molecule has 0 saturated carbocycles. The number of carbonyl (C=O) groups excluding carboxylic acids is 3. The molecule has 5 atom stereocenters. The maximum Gasteiger partial charge on any atom is 0.329 e. The van der Waals surface area contributed by atoms with Gasteiger partial charge in [-0.3, -0.25) is 9.59 Å². The lowest BCUT2D eigenvalue weighted by Crippen LogP contribution is -2.48. The first-order valence-electron chi connectivity index (χ1n) is 14.0. The van der Waals surface area contributed by atoms with Crippen LogP contribution in [-0.4, -0.2) is 36.6 Å². The summed E-state index contributed by atoms with van der Waals surface area (Å²) in [6, 6.07) is -0.661. The van der Waals surface area contributed by atoms with Crippen LogP contribution in [0.3, 0.4) is 0 Å². The predicted octanol–water partition coefficient (Wildman–Crippen LogP) is 6.11. The van der Waals surface area contributed by atoms with Crippen LogP contribution < -0.4 is 5.32 Å². The molecule has 0 radical (unpaired) electrons. The van der Waals surface area contributed by atoms with Gasteiger partial charge in [0.05, 0.1) is 5.92 Å². The zero-order valence-electron chi connectivity index (χ0n) is 22.4. The van der Waals surface area contributed by atoms with E-state index in [2.05, 4.69) is 18.2 Å². The van der Waals surface area contributed by atoms with Gasteiger partial charge < -0.3 is 14.8 Å². The zero-order chi connectivity index (χ0) is 25.9. The largest absolute Gasteiger partial charge is 0.461 e. The fourth-order valence-electron chi connectivity index (χ4n) is 4.68. The van der Waals surface area contributed by atoms with Crippen molar-refractivity contribution in [3.63, 3.8) is 0 Å². The summed E-state index contributed by atoms with van der Waals surface area (Å²) in [6.07, 6.45) is 21.6. The van der Waals surface area contributed by atoms with Gasteiger partial charge in [0.1, 0.15) is 18.2 Å². The van der Waals surface area contributed by atoms with Crippen LogP contribution in [0.1, 0.15) is 124 Å². The number of esters is 2. The van der Waals surface area contributed by atoms with Crippen LogP contribution in [0.4, 0.5) is 0 Å². The van der Waals surface area contributed by atoms with Crippen LogP contribution in [0.15, 0.2) is 0 Å². The smallest absolute Gasteiger partial charge is 0.329 e. The van der Waals surface area contributed by atoms with E-state index in [1.807, 2.05) is 13.8 Å². The van der Waals surface area contributed by atoms with E-state index in [1.54, 1.807) is 0 Å². The SMILES string of the molecule is C#CCCCC[C@@H]1C(=O)O[C@H]1C[C@H](CCCCCCCCCCC)OC(=O)[C@@H](NC=O)[C@@H](C)CC. The molecule has 0 spiro atoms. The van der Waals surface area contributed by atoms with Crippen molar-refractivity contribution in [2.24, 2.45) is 11.8 Å². The number of terminal acetylenes is 1. The van der Waals surface area contributed by atoms with Gasteiger partial charge in [-0.2, -0.15) is 0 Å². The molecule has 200 valence electrons. The van der Waals surface area contributed by atoms with Crippen LogP contribution in [0.25, 0.3) is 0 Å². The highest BCUT2D eigenvalue weighted by atomic mass is 16.6. The fraction of sp³-hybridized carbons (Fsp3) is 0.828. The minimum Gasteiger partial charge on any atom is -0.461 e. The molecule has 6 nitrogen and oxygen atoms in total. The highest BCUT2D eigenvalue weighted by Gasteiger charge is 2.43. The zero-order valence-corrected chi connectivity index (χ0v) is 22.4. The van der Waals surface area contributed by atoms with Crippen LogP contribution in [0.2, 0.25) is 0 Å². The third-order valence-electron chi connectivity index (χ3n) is 7.23. The molecule has 1 saturated heterocycles. The Bertz CT molecular complexity index is 643. The van der Waals surface area contributed by atoms with Gasteiger partial charge in [0, 0.05) is 12.8 Å². The molecule has 0 aromatic rings. The Morgan fingerprint density at radius 1 is 1.09 bits per heavy atom. The Kier molecular flexibility index (Phi) is 17.0. The first-order valence-corrected chi connectivity index (χ1v) is 14.0. The second-order valence-electron chi connectivity index (χ2n) is 10.1. The predicted molar refractivity (Wildman–Crippen MR) is 139 cm³/mol. The minimum atomic E-state index is -0.661. The summed E-state index contributed by atoms with van der Waals surface area (Å²) in [5, 5.41) is 2.62. The molecule has 1 fully saturated rings. The van der Waals surface area contributed by atoms with Crippen molar-refractivity contribution in [1.29, 1.82) is 0 Å². The maximum atomic E-state index is 12.9. The average Bonchev–Trinajstić information content (AvgIpc) is 2.85. The van der Waals surface area contributed by atoms with Crippen molar-refractivity contribution in [3.05, 3.63) is 0 Å². The Hall–Kier alpha value is -2.03. The number of amides is 1. The summed E-state index contributed by atoms with van der Waals surface area (Å²) < 4.78 is 11.4. The Morgan fingerprint density at radius 3 is 2.31 bits per heavy atom. The van der Waals surface area contributed by atoms with Crippen LogP contribution in [-0.2, 0) is 23.9 Å². The molecule has 0 aromatic carbocycles. The molecule has 1 N–H and O–H groups in total. The van der Waals surface area contributed by atoms with Crippen molar-refractivity contribution in [1.82, 2.24) is 5.32 Å². The average molecular weight is 492 g/mol. The quantitative estimate of drug-likeness (QED) is 0.0856. The number of cyclic esters (lactones) is 1. The number of hydrogen-bond donors (Lipinski definition) is 1. The standard InChI is InChI=1S/C29H49NO5/c1-5-8-10-12-13-14-15-16-17-19-24(34-29(33)27(30-22-31)23(4)7-3)21-26-25(28(32)35-26)20-18-11-9-6-2/h2,22-27H,5,7-21H2,1,3-4H3,(H,30,31)/t23-,24-,25-,26-,27-/m0/s1. The van der Waals surface area contributed by atoms with Crippen molar-refractivity contribution in [3.8, 4) is 12.3 Å². The van der Waals surface area contributed by atoms with Gasteiger partial charge in [0.15, 0.2) is 0 Å². The van der Waals surface area contributed by atoms with Crippen molar-refractivity contribution >= 4 is 18.3 Å². The molecule has 0 aromatic heterocycles. The van der Waals surface area contributed by atoms with Crippen molar-refractivity contribution < 1.29 is 23.9 Å². The molecule has 6 heteroatoms. The first-order chi connectivity index (χ1) is 17.0. The Balaban J connectivity index is 2.60. The molecule has 1 heterocycles. The Labute approximate surface area is 213 Å². The maximum absolute atomic E-state index is 12.9. The summed E-state index contributed by atoms with van der Waals surface area (Å²) in [5.74, 6) is 1.91. The molecule has 35 heavy (non-hydrogen) atoms. The highest BCUT2D eigenvalue weighted by molar-refractivity contribution is 5.79. The van der Waals surface area contributed by atoms with E-state index in [4.69, 9.17) is 15.9 Å². The minimum absolute atomic E-state index is 0.0218. The summed E-state index contributed by atoms with van der Waals surface area (Å²) >= 11 is 0. The number of nitrogens with one attached hydrogen (secondary N) is 1. The second-order valence-corrected chi connectivity index (χ2v) is 10.1. The topological polar surface area (TPSA) is 81.7 Å². The fourth-order valence-corrected chi connectivity index (χ4v) is 4.68. The van der Waals surface area contributed by atoms with Gasteiger partial charge in [-0.25, -0.2) is 4.79 Å². The van der Waals surface area contributed by atoms with Gasteiger partial charge in [-0.15, -0.1) is 12.3 Å². The molecule has 0 unspecified atom stereocenters. The van der Waals surface area contributed by atoms with Gasteiger partial charge in [-0.05, 0) is 31.6 Å². The van der Waals surface area contributed by atoms with E-state index in [0.717, 1.165) is 44.9 Å². The monoisotopic (exact) mass is 491 g/mol. The van der Waals surface area contributed by atoms with Gasteiger partial charge >= 0.3 is 11.9 Å². The number of unbranched alkanes of at least 4 members (excludes halogenated alkanes) is 10. The number of carbonyl (C=O) groups is 3. The molecule has 1 aliphatic heterocycles. The third kappa shape index (κ3) is 12.5. The molecule has 1 amide bonds. The van der Waals surface area contributed by atoms with E-state index in [0.29, 0.717) is 19.3 Å². The third-order valence-corrected chi connectivity index (χ3v) is 7.23. The summed E-state index contributed by atoms with van der Waals surface area (Å²) in [6.45, 7) is 6.14. The lowest BCUT2D eigenvalue weighted by Gasteiger charge is -2.37. The second kappa shape index (κ2) is 19.2. The van der Waals surface area contributed by atoms with E-state index >= 15 is 0 Å². The summed E-state index contributed by atoms with van der Waals surface area (Å²) in [5.41, 5.74) is 0. The van der Waals surface area contributed by atoms with Gasteiger partial charge in [-0.1, -0.05) is 85.0 Å². The van der Waals surface area contributed by atoms with Crippen LogP contribution in [0, 0.1) is 24.2 Å². The summed E-state index contributed by atoms with van der Waals surface area (Å²) in [7, 11) is 0. The van der Waals surface area contributed by atoms with Crippen molar-refractivity contribution in [2.45, 2.75) is 142 Å². The summed E-state index contributed by atoms with van der Waals surface area (Å²) in [4.78, 5) is 36.0. The van der Waals surface area contributed by atoms with E-state index in [-0.39, 0.29) is 30.0 Å². The molecule has 0 aliphatic carbocycles. The van der Waals surface area contributed by atoms with Crippen LogP contribution >= 0.6 is 0 Å². The number of hydrogen-bond acceptors (Lipinski definition) is 5. The highest BCUT2D eigenvalue weighted by Crippen LogP contribution is 2.32. The normalized spacial score (nSPS) is 19.5. The number of ether oxygens (including phenoxy) is 2.